The largest absolute Gasteiger partial charge is 0.311 e. The van der Waals surface area contributed by atoms with Crippen LogP contribution in [0, 0.1) is 12.3 Å². The van der Waals surface area contributed by atoms with Gasteiger partial charge < -0.3 is 4.90 Å². The van der Waals surface area contributed by atoms with Gasteiger partial charge in [-0.3, -0.25) is 10.4 Å². The third kappa shape index (κ3) is 4.09. The Hall–Kier alpha value is -3.29. The molecule has 1 heterocycles. The van der Waals surface area contributed by atoms with E-state index >= 15 is 0 Å². The number of aliphatic imine (C=N–C) groups is 1. The van der Waals surface area contributed by atoms with Gasteiger partial charge in [-0.25, -0.2) is 8.42 Å². The Morgan fingerprint density at radius 2 is 1.41 bits per heavy atom. The fourth-order valence-electron chi connectivity index (χ4n) is 4.14. The molecule has 1 N–H and O–H groups in total. The van der Waals surface area contributed by atoms with Gasteiger partial charge in [0, 0.05) is 7.05 Å². The van der Waals surface area contributed by atoms with Crippen LogP contribution in [-0.4, -0.2) is 43.4 Å². The summed E-state index contributed by atoms with van der Waals surface area (Å²) in [5, 5.41) is 8.72. The molecule has 4 rings (SSSR count). The maximum Gasteiger partial charge on any atom is 0.244 e. The van der Waals surface area contributed by atoms with Gasteiger partial charge in [0.2, 0.25) is 10.0 Å². The summed E-state index contributed by atoms with van der Waals surface area (Å²) >= 11 is 0. The molecule has 7 heteroatoms. The molecule has 32 heavy (non-hydrogen) atoms. The van der Waals surface area contributed by atoms with Gasteiger partial charge in [-0.1, -0.05) is 78.4 Å². The summed E-state index contributed by atoms with van der Waals surface area (Å²) in [5.41, 5.74) is 2.76. The van der Waals surface area contributed by atoms with Crippen LogP contribution < -0.4 is 0 Å². The van der Waals surface area contributed by atoms with Crippen molar-refractivity contribution in [3.63, 3.8) is 0 Å². The second-order valence-corrected chi connectivity index (χ2v) is 9.69. The van der Waals surface area contributed by atoms with Gasteiger partial charge in [0.15, 0.2) is 0 Å². The van der Waals surface area contributed by atoms with Gasteiger partial charge in [0.05, 0.1) is 29.9 Å². The highest BCUT2D eigenvalue weighted by Crippen LogP contribution is 2.43. The molecule has 1 fully saturated rings. The van der Waals surface area contributed by atoms with Gasteiger partial charge in [-0.15, -0.1) is 0 Å². The van der Waals surface area contributed by atoms with E-state index in [9.17, 15) is 8.42 Å². The van der Waals surface area contributed by atoms with Gasteiger partial charge in [0.25, 0.3) is 0 Å². The minimum Gasteiger partial charge on any atom is -0.311 e. The van der Waals surface area contributed by atoms with E-state index in [1.807, 2.05) is 67.6 Å². The van der Waals surface area contributed by atoms with Crippen LogP contribution in [0.3, 0.4) is 0 Å². The fourth-order valence-corrected chi connectivity index (χ4v) is 5.72. The van der Waals surface area contributed by atoms with E-state index in [1.54, 1.807) is 42.6 Å². The molecule has 0 radical (unpaired) electrons. The number of rotatable bonds is 5. The summed E-state index contributed by atoms with van der Waals surface area (Å²) in [7, 11) is -2.21. The summed E-state index contributed by atoms with van der Waals surface area (Å²) in [4.78, 5) is 6.16. The lowest BCUT2D eigenvalue weighted by atomic mass is 9.90. The Morgan fingerprint density at radius 3 is 1.94 bits per heavy atom. The Bertz CT molecular complexity index is 1210. The lowest BCUT2D eigenvalue weighted by Gasteiger charge is -2.46. The second kappa shape index (κ2) is 9.06. The first-order valence-corrected chi connectivity index (χ1v) is 11.8. The highest BCUT2D eigenvalue weighted by atomic mass is 32.2. The van der Waals surface area contributed by atoms with Crippen LogP contribution >= 0.6 is 0 Å². The van der Waals surface area contributed by atoms with Crippen LogP contribution in [0.15, 0.2) is 94.8 Å². The van der Waals surface area contributed by atoms with E-state index in [4.69, 9.17) is 5.41 Å². The van der Waals surface area contributed by atoms with E-state index in [1.165, 1.54) is 4.31 Å². The quantitative estimate of drug-likeness (QED) is 0.466. The summed E-state index contributed by atoms with van der Waals surface area (Å²) in [6.45, 7) is 1.87. The number of nitrogens with zero attached hydrogens (tertiary/aromatic N) is 3. The first kappa shape index (κ1) is 21.9. The van der Waals surface area contributed by atoms with Gasteiger partial charge in [0.1, 0.15) is 5.84 Å². The summed E-state index contributed by atoms with van der Waals surface area (Å²) in [6.07, 6.45) is 1.62. The normalized spacial score (nSPS) is 20.1. The summed E-state index contributed by atoms with van der Waals surface area (Å²) in [5.74, 6) is 0.173. The molecule has 3 aromatic rings. The minimum atomic E-state index is -3.87. The third-order valence-corrected chi connectivity index (χ3v) is 7.52. The first-order valence-electron chi connectivity index (χ1n) is 10.4. The zero-order valence-electron chi connectivity index (χ0n) is 18.1. The monoisotopic (exact) mass is 446 g/mol. The number of piperazine rings is 1. The topological polar surface area (TPSA) is 76.8 Å². The predicted molar refractivity (Wildman–Crippen MR) is 127 cm³/mol. The van der Waals surface area contributed by atoms with Crippen molar-refractivity contribution in [2.45, 2.75) is 23.9 Å². The number of hydrogen-bond donors (Lipinski definition) is 1. The number of sulfonamides is 1. The molecule has 1 aliphatic heterocycles. The van der Waals surface area contributed by atoms with Crippen LogP contribution in [-0.2, 0) is 10.0 Å². The molecule has 0 spiro atoms. The molecule has 6 nitrogen and oxygen atoms in total. The minimum absolute atomic E-state index is 0.0505. The molecule has 0 bridgehead atoms. The SMILES string of the molecule is C/N=C/N1C(=N)CN(S(=O)(=O)c2ccc(C)cc2)[C@H](c2ccccc2)[C@H]1c1ccccc1. The molecule has 1 aliphatic rings. The molecule has 1 saturated heterocycles. The maximum atomic E-state index is 13.8. The first-order chi connectivity index (χ1) is 15.4. The Balaban J connectivity index is 1.93. The van der Waals surface area contributed by atoms with Crippen LogP contribution in [0.2, 0.25) is 0 Å². The van der Waals surface area contributed by atoms with Crippen LogP contribution in [0.4, 0.5) is 0 Å². The number of hydrogen-bond acceptors (Lipinski definition) is 4. The van der Waals surface area contributed by atoms with Gasteiger partial charge in [-0.05, 0) is 30.2 Å². The molecule has 0 amide bonds. The van der Waals surface area contributed by atoms with E-state index in [0.29, 0.717) is 0 Å². The van der Waals surface area contributed by atoms with Crippen molar-refractivity contribution < 1.29 is 8.42 Å². The molecular formula is C25H26N4O2S. The Kier molecular flexibility index (Phi) is 6.21. The molecule has 2 atom stereocenters. The van der Waals surface area contributed by atoms with Crippen molar-refractivity contribution in [1.82, 2.24) is 9.21 Å². The van der Waals surface area contributed by atoms with Gasteiger partial charge >= 0.3 is 0 Å². The average molecular weight is 447 g/mol. The molecular weight excluding hydrogens is 420 g/mol. The highest BCUT2D eigenvalue weighted by Gasteiger charge is 2.45. The molecule has 0 aliphatic carbocycles. The number of aryl methyl sites for hydroxylation is 1. The van der Waals surface area contributed by atoms with Crippen LogP contribution in [0.5, 0.6) is 0 Å². The third-order valence-electron chi connectivity index (χ3n) is 5.68. The van der Waals surface area contributed by atoms with Crippen molar-refractivity contribution in [3.05, 3.63) is 102 Å². The van der Waals surface area contributed by atoms with Crippen LogP contribution in [0.1, 0.15) is 28.8 Å². The van der Waals surface area contributed by atoms with Crippen molar-refractivity contribution in [2.24, 2.45) is 4.99 Å². The van der Waals surface area contributed by atoms with Crippen molar-refractivity contribution in [1.29, 1.82) is 5.41 Å². The second-order valence-electron chi connectivity index (χ2n) is 7.80. The maximum absolute atomic E-state index is 13.8. The van der Waals surface area contributed by atoms with E-state index in [-0.39, 0.29) is 17.3 Å². The van der Waals surface area contributed by atoms with E-state index < -0.39 is 22.1 Å². The smallest absolute Gasteiger partial charge is 0.244 e. The lowest BCUT2D eigenvalue weighted by Crippen LogP contribution is -2.54. The molecule has 164 valence electrons. The van der Waals surface area contributed by atoms with Gasteiger partial charge in [-0.2, -0.15) is 4.31 Å². The number of amidine groups is 1. The lowest BCUT2D eigenvalue weighted by molar-refractivity contribution is 0.208. The molecule has 3 aromatic carbocycles. The standard InChI is InChI=1S/C25H26N4O2S/c1-19-13-15-22(16-14-19)32(30,31)29-17-23(26)28(18-27-2)24(20-9-5-3-6-10-20)25(29)21-11-7-4-8-12-21/h3-16,18,24-26H,17H2,1-2H3/b26-23?,27-18+/t24-,25-/m1/s1. The highest BCUT2D eigenvalue weighted by molar-refractivity contribution is 7.89. The summed E-state index contributed by atoms with van der Waals surface area (Å²) < 4.78 is 29.1. The van der Waals surface area contributed by atoms with Crippen LogP contribution in [0.25, 0.3) is 0 Å². The number of benzene rings is 3. The van der Waals surface area contributed by atoms with E-state index in [2.05, 4.69) is 4.99 Å². The zero-order chi connectivity index (χ0) is 22.7. The number of nitrogens with one attached hydrogen (secondary N) is 1. The molecule has 0 aromatic heterocycles. The average Bonchev–Trinajstić information content (AvgIpc) is 2.81. The Labute approximate surface area is 189 Å². The molecule has 0 unspecified atom stereocenters. The molecule has 0 saturated carbocycles. The van der Waals surface area contributed by atoms with Crippen molar-refractivity contribution >= 4 is 22.2 Å². The zero-order valence-corrected chi connectivity index (χ0v) is 18.9. The van der Waals surface area contributed by atoms with Crippen molar-refractivity contribution in [2.75, 3.05) is 13.6 Å². The fraction of sp³-hybridized carbons (Fsp3) is 0.200. The van der Waals surface area contributed by atoms with E-state index in [0.717, 1.165) is 16.7 Å². The summed E-state index contributed by atoms with van der Waals surface area (Å²) in [6, 6.07) is 25.2. The predicted octanol–water partition coefficient (Wildman–Crippen LogP) is 4.42. The Morgan fingerprint density at radius 1 is 0.875 bits per heavy atom. The van der Waals surface area contributed by atoms with Crippen molar-refractivity contribution in [3.8, 4) is 0 Å².